The highest BCUT2D eigenvalue weighted by Crippen LogP contribution is 2.69. The first-order chi connectivity index (χ1) is 10.7. The lowest BCUT2D eigenvalue weighted by molar-refractivity contribution is -0.170. The molecule has 23 heavy (non-hydrogen) atoms. The van der Waals surface area contributed by atoms with Gasteiger partial charge in [0.1, 0.15) is 0 Å². The summed E-state index contributed by atoms with van der Waals surface area (Å²) in [5.41, 5.74) is 1.08. The SMILES string of the molecule is CC1(CNC(=O)C23CC4CC(C)(CC(C)(C4)C2)C3)CCNCC1. The lowest BCUT2D eigenvalue weighted by Crippen LogP contribution is -2.60. The minimum Gasteiger partial charge on any atom is -0.355 e. The Morgan fingerprint density at radius 1 is 1.00 bits per heavy atom. The molecule has 5 rings (SSSR count). The van der Waals surface area contributed by atoms with Crippen molar-refractivity contribution in [2.75, 3.05) is 19.6 Å². The molecular formula is C20H34N2O. The van der Waals surface area contributed by atoms with Crippen LogP contribution in [-0.4, -0.2) is 25.5 Å². The predicted molar refractivity (Wildman–Crippen MR) is 93.1 cm³/mol. The summed E-state index contributed by atoms with van der Waals surface area (Å²) in [7, 11) is 0. The standard InChI is InChI=1S/C20H34N2O/c1-17(4-6-21-7-5-17)14-22-16(23)20-10-15-8-18(2,12-20)11-19(3,9-15)13-20/h15,21H,4-14H2,1-3H3,(H,22,23). The van der Waals surface area contributed by atoms with Crippen LogP contribution in [0, 0.1) is 27.6 Å². The largest absolute Gasteiger partial charge is 0.355 e. The Kier molecular flexibility index (Phi) is 3.44. The molecule has 3 nitrogen and oxygen atoms in total. The topological polar surface area (TPSA) is 41.1 Å². The van der Waals surface area contributed by atoms with Gasteiger partial charge in [-0.2, -0.15) is 0 Å². The van der Waals surface area contributed by atoms with Crippen molar-refractivity contribution in [3.8, 4) is 0 Å². The van der Waals surface area contributed by atoms with Crippen molar-refractivity contribution in [2.24, 2.45) is 27.6 Å². The minimum absolute atomic E-state index is 0.0494. The summed E-state index contributed by atoms with van der Waals surface area (Å²) in [6.45, 7) is 10.3. The zero-order valence-electron chi connectivity index (χ0n) is 15.3. The molecule has 0 spiro atoms. The minimum atomic E-state index is -0.0494. The number of amides is 1. The van der Waals surface area contributed by atoms with Gasteiger partial charge in [0.25, 0.3) is 0 Å². The van der Waals surface area contributed by atoms with E-state index in [0.29, 0.717) is 16.7 Å². The predicted octanol–water partition coefficient (Wildman–Crippen LogP) is 3.49. The smallest absolute Gasteiger partial charge is 0.226 e. The Balaban J connectivity index is 1.48. The van der Waals surface area contributed by atoms with E-state index in [1.165, 1.54) is 32.1 Å². The van der Waals surface area contributed by atoms with Crippen LogP contribution < -0.4 is 10.6 Å². The van der Waals surface area contributed by atoms with Gasteiger partial charge >= 0.3 is 0 Å². The highest BCUT2D eigenvalue weighted by molar-refractivity contribution is 5.83. The lowest BCUT2D eigenvalue weighted by Gasteiger charge is -2.64. The maximum atomic E-state index is 13.2. The van der Waals surface area contributed by atoms with E-state index >= 15 is 0 Å². The second-order valence-electron chi connectivity index (χ2n) is 10.7. The van der Waals surface area contributed by atoms with Crippen molar-refractivity contribution >= 4 is 5.91 Å². The van der Waals surface area contributed by atoms with Crippen molar-refractivity contribution in [1.29, 1.82) is 0 Å². The second-order valence-corrected chi connectivity index (χ2v) is 10.7. The van der Waals surface area contributed by atoms with Gasteiger partial charge < -0.3 is 10.6 Å². The first-order valence-corrected chi connectivity index (χ1v) is 9.73. The van der Waals surface area contributed by atoms with Crippen molar-refractivity contribution in [2.45, 2.75) is 72.1 Å². The van der Waals surface area contributed by atoms with E-state index in [-0.39, 0.29) is 10.8 Å². The summed E-state index contributed by atoms with van der Waals surface area (Å²) in [4.78, 5) is 13.2. The Morgan fingerprint density at radius 3 is 2.17 bits per heavy atom. The number of hydrogen-bond donors (Lipinski definition) is 2. The molecule has 2 atom stereocenters. The average molecular weight is 319 g/mol. The Bertz CT molecular complexity index is 490. The first-order valence-electron chi connectivity index (χ1n) is 9.73. The fraction of sp³-hybridized carbons (Fsp3) is 0.950. The molecule has 2 N–H and O–H groups in total. The Hall–Kier alpha value is -0.570. The van der Waals surface area contributed by atoms with Gasteiger partial charge in [-0.25, -0.2) is 0 Å². The molecule has 0 aromatic carbocycles. The van der Waals surface area contributed by atoms with Crippen LogP contribution in [0.15, 0.2) is 0 Å². The summed E-state index contributed by atoms with van der Waals surface area (Å²) in [6.07, 6.45) is 9.85. The van der Waals surface area contributed by atoms with Crippen molar-refractivity contribution in [3.05, 3.63) is 0 Å². The first kappa shape index (κ1) is 15.9. The van der Waals surface area contributed by atoms with E-state index in [9.17, 15) is 4.79 Å². The van der Waals surface area contributed by atoms with Gasteiger partial charge in [-0.3, -0.25) is 4.79 Å². The fourth-order valence-corrected chi connectivity index (χ4v) is 7.39. The zero-order valence-corrected chi connectivity index (χ0v) is 15.3. The molecule has 2 unspecified atom stereocenters. The van der Waals surface area contributed by atoms with Crippen molar-refractivity contribution in [3.63, 3.8) is 0 Å². The number of hydrogen-bond acceptors (Lipinski definition) is 2. The summed E-state index contributed by atoms with van der Waals surface area (Å²) in [5.74, 6) is 1.18. The molecule has 1 saturated heterocycles. The van der Waals surface area contributed by atoms with E-state index in [0.717, 1.165) is 44.8 Å². The van der Waals surface area contributed by atoms with E-state index < -0.39 is 0 Å². The molecule has 1 amide bonds. The summed E-state index contributed by atoms with van der Waals surface area (Å²) in [5, 5.41) is 6.85. The molecule has 4 bridgehead atoms. The van der Waals surface area contributed by atoms with Gasteiger partial charge in [0, 0.05) is 6.54 Å². The molecule has 1 aliphatic heterocycles. The van der Waals surface area contributed by atoms with E-state index in [1.54, 1.807) is 0 Å². The van der Waals surface area contributed by atoms with Crippen LogP contribution in [0.3, 0.4) is 0 Å². The molecule has 1 heterocycles. The van der Waals surface area contributed by atoms with Crippen molar-refractivity contribution < 1.29 is 4.79 Å². The van der Waals surface area contributed by atoms with Gasteiger partial charge in [-0.05, 0) is 86.6 Å². The molecule has 0 radical (unpaired) electrons. The summed E-state index contributed by atoms with van der Waals surface area (Å²) < 4.78 is 0. The maximum absolute atomic E-state index is 13.2. The number of rotatable bonds is 3. The quantitative estimate of drug-likeness (QED) is 0.836. The van der Waals surface area contributed by atoms with Gasteiger partial charge in [0.15, 0.2) is 0 Å². The molecular weight excluding hydrogens is 284 g/mol. The number of carbonyl (C=O) groups is 1. The van der Waals surface area contributed by atoms with Gasteiger partial charge in [0.05, 0.1) is 5.41 Å². The maximum Gasteiger partial charge on any atom is 0.226 e. The van der Waals surface area contributed by atoms with Crippen LogP contribution in [-0.2, 0) is 4.79 Å². The number of nitrogens with one attached hydrogen (secondary N) is 2. The number of piperidine rings is 1. The molecule has 4 aliphatic carbocycles. The molecule has 0 aromatic heterocycles. The van der Waals surface area contributed by atoms with E-state index in [1.807, 2.05) is 0 Å². The normalized spacial score (nSPS) is 47.5. The van der Waals surface area contributed by atoms with Crippen molar-refractivity contribution in [1.82, 2.24) is 10.6 Å². The third-order valence-electron chi connectivity index (χ3n) is 7.59. The monoisotopic (exact) mass is 318 g/mol. The summed E-state index contributed by atoms with van der Waals surface area (Å²) in [6, 6.07) is 0. The average Bonchev–Trinajstić information content (AvgIpc) is 2.41. The van der Waals surface area contributed by atoms with Crippen LogP contribution in [0.25, 0.3) is 0 Å². The molecule has 5 fully saturated rings. The third-order valence-corrected chi connectivity index (χ3v) is 7.59. The van der Waals surface area contributed by atoms with Crippen LogP contribution >= 0.6 is 0 Å². The van der Waals surface area contributed by atoms with Crippen LogP contribution in [0.4, 0.5) is 0 Å². The van der Waals surface area contributed by atoms with Crippen LogP contribution in [0.5, 0.6) is 0 Å². The second kappa shape index (κ2) is 4.97. The van der Waals surface area contributed by atoms with E-state index in [2.05, 4.69) is 31.4 Å². The highest BCUT2D eigenvalue weighted by Gasteiger charge is 2.62. The van der Waals surface area contributed by atoms with E-state index in [4.69, 9.17) is 0 Å². The van der Waals surface area contributed by atoms with Crippen LogP contribution in [0.1, 0.15) is 72.1 Å². The molecule has 4 saturated carbocycles. The molecule has 130 valence electrons. The van der Waals surface area contributed by atoms with Gasteiger partial charge in [-0.15, -0.1) is 0 Å². The zero-order chi connectivity index (χ0) is 16.3. The summed E-state index contributed by atoms with van der Waals surface area (Å²) >= 11 is 0. The van der Waals surface area contributed by atoms with Gasteiger partial charge in [-0.1, -0.05) is 20.8 Å². The van der Waals surface area contributed by atoms with Crippen LogP contribution in [0.2, 0.25) is 0 Å². The fourth-order valence-electron chi connectivity index (χ4n) is 7.39. The molecule has 5 aliphatic rings. The Morgan fingerprint density at radius 2 is 1.61 bits per heavy atom. The van der Waals surface area contributed by atoms with Gasteiger partial charge in [0.2, 0.25) is 5.91 Å². The molecule has 3 heteroatoms. The number of carbonyl (C=O) groups excluding carboxylic acids is 1. The highest BCUT2D eigenvalue weighted by atomic mass is 16.2. The third kappa shape index (κ3) is 2.73. The lowest BCUT2D eigenvalue weighted by atomic mass is 9.40. The molecule has 0 aromatic rings. The Labute approximate surface area is 141 Å².